The van der Waals surface area contributed by atoms with E-state index in [4.69, 9.17) is 9.47 Å². The van der Waals surface area contributed by atoms with Gasteiger partial charge < -0.3 is 14.6 Å². The Kier molecular flexibility index (Phi) is 5.03. The predicted octanol–water partition coefficient (Wildman–Crippen LogP) is 2.79. The monoisotopic (exact) mass is 314 g/mol. The highest BCUT2D eigenvalue weighted by molar-refractivity contribution is 9.10. The molecule has 0 aromatic heterocycles. The number of hydrogen-bond donors (Lipinski definition) is 1. The summed E-state index contributed by atoms with van der Waals surface area (Å²) in [5.74, 6) is 1.33. The van der Waals surface area contributed by atoms with Crippen LogP contribution >= 0.6 is 15.9 Å². The number of aliphatic hydroxyl groups is 1. The molecule has 3 nitrogen and oxygen atoms in total. The smallest absolute Gasteiger partial charge is 0.122 e. The molecule has 18 heavy (non-hydrogen) atoms. The second kappa shape index (κ2) is 6.55. The van der Waals surface area contributed by atoms with E-state index in [2.05, 4.69) is 15.9 Å². The molecule has 1 aromatic rings. The van der Waals surface area contributed by atoms with Gasteiger partial charge in [-0.2, -0.15) is 0 Å². The Balaban J connectivity index is 1.96. The molecule has 0 radical (unpaired) electrons. The summed E-state index contributed by atoms with van der Waals surface area (Å²) in [4.78, 5) is 0. The number of rotatable bonds is 5. The molecule has 1 aliphatic rings. The zero-order valence-electron chi connectivity index (χ0n) is 10.6. The van der Waals surface area contributed by atoms with Crippen molar-refractivity contribution in [3.8, 4) is 5.75 Å². The molecule has 1 aromatic carbocycles. The molecule has 1 heterocycles. The van der Waals surface area contributed by atoms with E-state index < -0.39 is 0 Å². The lowest BCUT2D eigenvalue weighted by molar-refractivity contribution is 0.128. The number of methoxy groups -OCH3 is 1. The Morgan fingerprint density at radius 3 is 3.06 bits per heavy atom. The molecule has 2 unspecified atom stereocenters. The largest absolute Gasteiger partial charge is 0.496 e. The van der Waals surface area contributed by atoms with Gasteiger partial charge in [0, 0.05) is 24.1 Å². The molecule has 0 bridgehead atoms. The molecule has 2 rings (SSSR count). The third-order valence-electron chi connectivity index (χ3n) is 3.33. The zero-order chi connectivity index (χ0) is 13.0. The van der Waals surface area contributed by atoms with Gasteiger partial charge in [-0.05, 0) is 42.5 Å². The summed E-state index contributed by atoms with van der Waals surface area (Å²) in [5, 5.41) is 10.1. The molecule has 1 fully saturated rings. The van der Waals surface area contributed by atoms with Crippen LogP contribution in [-0.4, -0.2) is 31.5 Å². The minimum absolute atomic E-state index is 0.333. The van der Waals surface area contributed by atoms with Crippen LogP contribution in [0.1, 0.15) is 18.4 Å². The van der Waals surface area contributed by atoms with Crippen molar-refractivity contribution in [1.82, 2.24) is 0 Å². The van der Waals surface area contributed by atoms with Crippen molar-refractivity contribution < 1.29 is 14.6 Å². The highest BCUT2D eigenvalue weighted by Gasteiger charge is 2.20. The maximum atomic E-state index is 10.1. The molecule has 0 amide bonds. The van der Waals surface area contributed by atoms with Crippen LogP contribution in [0.5, 0.6) is 5.75 Å². The van der Waals surface area contributed by atoms with E-state index in [9.17, 15) is 5.11 Å². The Morgan fingerprint density at radius 1 is 1.56 bits per heavy atom. The summed E-state index contributed by atoms with van der Waals surface area (Å²) in [6.07, 6.45) is 2.15. The lowest BCUT2D eigenvalue weighted by atomic mass is 9.96. The Bertz CT molecular complexity index is 389. The SMILES string of the molecule is COc1ccc(Br)cc1CC(O)CC1CCOC1. The summed E-state index contributed by atoms with van der Waals surface area (Å²) in [6.45, 7) is 1.62. The second-order valence-corrected chi connectivity index (χ2v) is 5.70. The van der Waals surface area contributed by atoms with Gasteiger partial charge in [-0.25, -0.2) is 0 Å². The fourth-order valence-electron chi connectivity index (χ4n) is 2.40. The zero-order valence-corrected chi connectivity index (χ0v) is 12.1. The standard InChI is InChI=1S/C14H19BrO3/c1-17-14-3-2-12(15)7-11(14)8-13(16)6-10-4-5-18-9-10/h2-3,7,10,13,16H,4-6,8-9H2,1H3. The molecule has 100 valence electrons. The number of hydrogen-bond acceptors (Lipinski definition) is 3. The van der Waals surface area contributed by atoms with Gasteiger partial charge in [-0.1, -0.05) is 15.9 Å². The van der Waals surface area contributed by atoms with E-state index >= 15 is 0 Å². The highest BCUT2D eigenvalue weighted by Crippen LogP contribution is 2.26. The molecule has 0 spiro atoms. The van der Waals surface area contributed by atoms with Gasteiger partial charge in [0.05, 0.1) is 13.2 Å². The van der Waals surface area contributed by atoms with Crippen LogP contribution in [0.25, 0.3) is 0 Å². The summed E-state index contributed by atoms with van der Waals surface area (Å²) in [6, 6.07) is 5.87. The predicted molar refractivity (Wildman–Crippen MR) is 73.9 cm³/mol. The van der Waals surface area contributed by atoms with E-state index in [1.165, 1.54) is 0 Å². The molecule has 0 saturated carbocycles. The van der Waals surface area contributed by atoms with Gasteiger partial charge in [0.1, 0.15) is 5.75 Å². The van der Waals surface area contributed by atoms with Crippen LogP contribution in [-0.2, 0) is 11.2 Å². The first kappa shape index (κ1) is 13.8. The van der Waals surface area contributed by atoms with E-state index in [0.29, 0.717) is 12.3 Å². The molecule has 1 N–H and O–H groups in total. The number of halogens is 1. The molecule has 0 aliphatic carbocycles. The summed E-state index contributed by atoms with van der Waals surface area (Å²) in [7, 11) is 1.66. The summed E-state index contributed by atoms with van der Waals surface area (Å²) >= 11 is 3.45. The van der Waals surface area contributed by atoms with Crippen molar-refractivity contribution in [2.24, 2.45) is 5.92 Å². The summed E-state index contributed by atoms with van der Waals surface area (Å²) in [5.41, 5.74) is 1.04. The first-order valence-electron chi connectivity index (χ1n) is 6.27. The third-order valence-corrected chi connectivity index (χ3v) is 3.82. The molecule has 1 aliphatic heterocycles. The van der Waals surface area contributed by atoms with E-state index in [0.717, 1.165) is 41.8 Å². The maximum absolute atomic E-state index is 10.1. The van der Waals surface area contributed by atoms with Crippen molar-refractivity contribution in [3.63, 3.8) is 0 Å². The minimum Gasteiger partial charge on any atom is -0.496 e. The summed E-state index contributed by atoms with van der Waals surface area (Å²) < 4.78 is 11.7. The Hall–Kier alpha value is -0.580. The average Bonchev–Trinajstić information content (AvgIpc) is 2.82. The third kappa shape index (κ3) is 3.70. The Morgan fingerprint density at radius 2 is 2.39 bits per heavy atom. The van der Waals surface area contributed by atoms with Crippen molar-refractivity contribution in [2.45, 2.75) is 25.4 Å². The number of ether oxygens (including phenoxy) is 2. The van der Waals surface area contributed by atoms with Crippen LogP contribution in [0.3, 0.4) is 0 Å². The van der Waals surface area contributed by atoms with Gasteiger partial charge >= 0.3 is 0 Å². The molecule has 2 atom stereocenters. The van der Waals surface area contributed by atoms with Gasteiger partial charge in [0.25, 0.3) is 0 Å². The van der Waals surface area contributed by atoms with Gasteiger partial charge in [-0.3, -0.25) is 0 Å². The van der Waals surface area contributed by atoms with Gasteiger partial charge in [-0.15, -0.1) is 0 Å². The lowest BCUT2D eigenvalue weighted by Gasteiger charge is -2.16. The van der Waals surface area contributed by atoms with Crippen LogP contribution in [0.15, 0.2) is 22.7 Å². The fraction of sp³-hybridized carbons (Fsp3) is 0.571. The lowest BCUT2D eigenvalue weighted by Crippen LogP contribution is -2.16. The van der Waals surface area contributed by atoms with Crippen molar-refractivity contribution >= 4 is 15.9 Å². The van der Waals surface area contributed by atoms with Crippen molar-refractivity contribution in [1.29, 1.82) is 0 Å². The van der Waals surface area contributed by atoms with Crippen LogP contribution in [0.4, 0.5) is 0 Å². The van der Waals surface area contributed by atoms with E-state index in [1.54, 1.807) is 7.11 Å². The number of benzene rings is 1. The van der Waals surface area contributed by atoms with Crippen molar-refractivity contribution in [2.75, 3.05) is 20.3 Å². The minimum atomic E-state index is -0.333. The normalized spacial score (nSPS) is 20.9. The fourth-order valence-corrected chi connectivity index (χ4v) is 2.81. The van der Waals surface area contributed by atoms with E-state index in [1.807, 2.05) is 18.2 Å². The molecular weight excluding hydrogens is 296 g/mol. The van der Waals surface area contributed by atoms with Crippen molar-refractivity contribution in [3.05, 3.63) is 28.2 Å². The van der Waals surface area contributed by atoms with Gasteiger partial charge in [0.2, 0.25) is 0 Å². The quantitative estimate of drug-likeness (QED) is 0.908. The first-order valence-corrected chi connectivity index (χ1v) is 7.06. The molecular formula is C14H19BrO3. The average molecular weight is 315 g/mol. The number of aliphatic hydroxyl groups excluding tert-OH is 1. The molecule has 4 heteroatoms. The maximum Gasteiger partial charge on any atom is 0.122 e. The topological polar surface area (TPSA) is 38.7 Å². The van der Waals surface area contributed by atoms with E-state index in [-0.39, 0.29) is 6.10 Å². The Labute approximate surface area is 116 Å². The first-order chi connectivity index (χ1) is 8.69. The van der Waals surface area contributed by atoms with Crippen LogP contribution in [0, 0.1) is 5.92 Å². The second-order valence-electron chi connectivity index (χ2n) is 4.78. The molecule has 1 saturated heterocycles. The highest BCUT2D eigenvalue weighted by atomic mass is 79.9. The van der Waals surface area contributed by atoms with Gasteiger partial charge in [0.15, 0.2) is 0 Å². The van der Waals surface area contributed by atoms with Crippen LogP contribution < -0.4 is 4.74 Å². The van der Waals surface area contributed by atoms with Crippen LogP contribution in [0.2, 0.25) is 0 Å².